The lowest BCUT2D eigenvalue weighted by Crippen LogP contribution is -1.85. The maximum Gasteiger partial charge on any atom is 0.0413 e. The molecule has 1 aromatic carbocycles. The Morgan fingerprint density at radius 3 is 1.50 bits per heavy atom. The highest BCUT2D eigenvalue weighted by atomic mass is 79.9. The molecule has 0 aliphatic carbocycles. The lowest BCUT2D eigenvalue weighted by Gasteiger charge is -2.00. The van der Waals surface area contributed by atoms with Crippen LogP contribution < -0.4 is 0 Å². The van der Waals surface area contributed by atoms with Crippen LogP contribution in [0.15, 0.2) is 21.1 Å². The Balaban J connectivity index is 3.41. The van der Waals surface area contributed by atoms with Crippen LogP contribution in [0.4, 0.5) is 0 Å². The number of hydrogen-bond donors (Lipinski definition) is 0. The fourth-order valence-corrected chi connectivity index (χ4v) is 1.71. The predicted molar refractivity (Wildman–Crippen MR) is 66.9 cm³/mol. The van der Waals surface area contributed by atoms with E-state index in [0.29, 0.717) is 0 Å². The molecule has 1 aromatic rings. The zero-order valence-corrected chi connectivity index (χ0v) is 11.1. The minimum Gasteiger partial charge on any atom is -0.101 e. The molecule has 0 radical (unpaired) electrons. The third-order valence-electron chi connectivity index (χ3n) is 1.58. The molecule has 0 aliphatic rings. The van der Waals surface area contributed by atoms with Crippen molar-refractivity contribution in [1.82, 2.24) is 0 Å². The maximum absolute atomic E-state index is 3.44. The van der Waals surface area contributed by atoms with Gasteiger partial charge in [-0.25, -0.2) is 0 Å². The molecule has 2 heteroatoms. The molecule has 14 heavy (non-hydrogen) atoms. The zero-order valence-electron chi connectivity index (χ0n) is 7.91. The first-order valence-electron chi connectivity index (χ1n) is 4.03. The van der Waals surface area contributed by atoms with Gasteiger partial charge in [-0.05, 0) is 57.8 Å². The van der Waals surface area contributed by atoms with Gasteiger partial charge < -0.3 is 0 Å². The molecule has 0 aliphatic heterocycles. The highest BCUT2D eigenvalue weighted by molar-refractivity contribution is 9.13. The molecule has 70 valence electrons. The second kappa shape index (κ2) is 5.25. The number of hydrogen-bond acceptors (Lipinski definition) is 0. The second-order valence-corrected chi connectivity index (χ2v) is 4.27. The Hall–Kier alpha value is -0.700. The normalized spacial score (nSPS) is 8.29. The standard InChI is InChI=1S/C12H8Br2/c1-3-5-9-7-11(13)12(14)8-10(9)6-4-2/h7-8H,1-2H3. The largest absolute Gasteiger partial charge is 0.101 e. The lowest BCUT2D eigenvalue weighted by atomic mass is 10.1. The summed E-state index contributed by atoms with van der Waals surface area (Å²) in [6.07, 6.45) is 0. The van der Waals surface area contributed by atoms with Crippen molar-refractivity contribution < 1.29 is 0 Å². The Bertz CT molecular complexity index is 420. The van der Waals surface area contributed by atoms with Crippen molar-refractivity contribution in [3.05, 3.63) is 32.2 Å². The van der Waals surface area contributed by atoms with Gasteiger partial charge in [-0.15, -0.1) is 11.8 Å². The van der Waals surface area contributed by atoms with Crippen molar-refractivity contribution >= 4 is 31.9 Å². The third-order valence-corrected chi connectivity index (χ3v) is 3.42. The van der Waals surface area contributed by atoms with Gasteiger partial charge in [0, 0.05) is 20.1 Å². The minimum absolute atomic E-state index is 0.955. The summed E-state index contributed by atoms with van der Waals surface area (Å²) in [6, 6.07) is 3.94. The second-order valence-electron chi connectivity index (χ2n) is 2.56. The first kappa shape index (κ1) is 11.4. The molecule has 0 unspecified atom stereocenters. The average molecular weight is 312 g/mol. The van der Waals surface area contributed by atoms with Crippen LogP contribution in [0.2, 0.25) is 0 Å². The van der Waals surface area contributed by atoms with Gasteiger partial charge in [0.05, 0.1) is 0 Å². The van der Waals surface area contributed by atoms with E-state index in [4.69, 9.17) is 0 Å². The molecule has 0 nitrogen and oxygen atoms in total. The van der Waals surface area contributed by atoms with Crippen LogP contribution in [0, 0.1) is 23.7 Å². The smallest absolute Gasteiger partial charge is 0.0413 e. The zero-order chi connectivity index (χ0) is 10.6. The summed E-state index contributed by atoms with van der Waals surface area (Å²) in [7, 11) is 0. The molecule has 0 bridgehead atoms. The molecule has 0 saturated heterocycles. The average Bonchev–Trinajstić information content (AvgIpc) is 2.14. The van der Waals surface area contributed by atoms with Crippen LogP contribution in [0.5, 0.6) is 0 Å². The summed E-state index contributed by atoms with van der Waals surface area (Å²) >= 11 is 6.88. The first-order chi connectivity index (χ1) is 6.69. The number of halogens is 2. The van der Waals surface area contributed by atoms with E-state index in [9.17, 15) is 0 Å². The van der Waals surface area contributed by atoms with E-state index in [1.807, 2.05) is 26.0 Å². The monoisotopic (exact) mass is 310 g/mol. The first-order valence-corrected chi connectivity index (χ1v) is 5.62. The van der Waals surface area contributed by atoms with E-state index in [1.54, 1.807) is 0 Å². The Kier molecular flexibility index (Phi) is 4.26. The molecule has 0 amide bonds. The van der Waals surface area contributed by atoms with E-state index in [-0.39, 0.29) is 0 Å². The topological polar surface area (TPSA) is 0 Å². The van der Waals surface area contributed by atoms with Gasteiger partial charge in [-0.3, -0.25) is 0 Å². The molecule has 0 fully saturated rings. The molecule has 0 spiro atoms. The van der Waals surface area contributed by atoms with Crippen LogP contribution >= 0.6 is 31.9 Å². The fraction of sp³-hybridized carbons (Fsp3) is 0.167. The van der Waals surface area contributed by atoms with Crippen molar-refractivity contribution in [2.75, 3.05) is 0 Å². The molecule has 0 atom stereocenters. The molecule has 1 rings (SSSR count). The predicted octanol–water partition coefficient (Wildman–Crippen LogP) is 3.95. The van der Waals surface area contributed by atoms with Gasteiger partial charge in [-0.2, -0.15) is 0 Å². The van der Waals surface area contributed by atoms with Crippen LogP contribution in [0.1, 0.15) is 25.0 Å². The minimum atomic E-state index is 0.955. The van der Waals surface area contributed by atoms with Crippen LogP contribution in [0.3, 0.4) is 0 Å². The maximum atomic E-state index is 3.44. The summed E-state index contributed by atoms with van der Waals surface area (Å²) in [5.41, 5.74) is 1.91. The van der Waals surface area contributed by atoms with Crippen molar-refractivity contribution in [2.24, 2.45) is 0 Å². The quantitative estimate of drug-likeness (QED) is 0.636. The fourth-order valence-electron chi connectivity index (χ4n) is 1.02. The molecule has 0 aromatic heterocycles. The summed E-state index contributed by atoms with van der Waals surface area (Å²) in [6.45, 7) is 3.64. The van der Waals surface area contributed by atoms with Crippen LogP contribution in [-0.4, -0.2) is 0 Å². The van der Waals surface area contributed by atoms with Crippen molar-refractivity contribution in [3.63, 3.8) is 0 Å². The number of rotatable bonds is 0. The summed E-state index contributed by atoms with van der Waals surface area (Å²) in [5, 5.41) is 0. The number of benzene rings is 1. The van der Waals surface area contributed by atoms with Crippen LogP contribution in [-0.2, 0) is 0 Å². The molecular formula is C12H8Br2. The van der Waals surface area contributed by atoms with E-state index >= 15 is 0 Å². The highest BCUT2D eigenvalue weighted by Gasteiger charge is 2.02. The van der Waals surface area contributed by atoms with Gasteiger partial charge in [0.15, 0.2) is 0 Å². The van der Waals surface area contributed by atoms with Gasteiger partial charge in [-0.1, -0.05) is 11.8 Å². The van der Waals surface area contributed by atoms with Crippen molar-refractivity contribution in [3.8, 4) is 23.7 Å². The Morgan fingerprint density at radius 2 is 1.21 bits per heavy atom. The Labute approximate surface area is 101 Å². The summed E-state index contributed by atoms with van der Waals surface area (Å²) < 4.78 is 1.99. The van der Waals surface area contributed by atoms with E-state index in [2.05, 4.69) is 55.5 Å². The van der Waals surface area contributed by atoms with E-state index < -0.39 is 0 Å². The molecular weight excluding hydrogens is 304 g/mol. The molecule has 0 saturated carbocycles. The van der Waals surface area contributed by atoms with Gasteiger partial charge in [0.25, 0.3) is 0 Å². The van der Waals surface area contributed by atoms with E-state index in [0.717, 1.165) is 20.1 Å². The van der Waals surface area contributed by atoms with Gasteiger partial charge in [0.2, 0.25) is 0 Å². The van der Waals surface area contributed by atoms with Crippen molar-refractivity contribution in [2.45, 2.75) is 13.8 Å². The lowest BCUT2D eigenvalue weighted by molar-refractivity contribution is 1.51. The SMILES string of the molecule is CC#Cc1cc(Br)c(Br)cc1C#CC. The summed E-state index contributed by atoms with van der Waals surface area (Å²) in [5.74, 6) is 11.8. The van der Waals surface area contributed by atoms with Gasteiger partial charge in [0.1, 0.15) is 0 Å². The summed E-state index contributed by atoms with van der Waals surface area (Å²) in [4.78, 5) is 0. The highest BCUT2D eigenvalue weighted by Crippen LogP contribution is 2.26. The van der Waals surface area contributed by atoms with Crippen LogP contribution in [0.25, 0.3) is 0 Å². The Morgan fingerprint density at radius 1 is 0.857 bits per heavy atom. The third kappa shape index (κ3) is 2.64. The van der Waals surface area contributed by atoms with Gasteiger partial charge >= 0.3 is 0 Å². The van der Waals surface area contributed by atoms with E-state index in [1.165, 1.54) is 0 Å². The van der Waals surface area contributed by atoms with Crippen molar-refractivity contribution in [1.29, 1.82) is 0 Å². The molecule has 0 N–H and O–H groups in total. The molecule has 0 heterocycles.